The summed E-state index contributed by atoms with van der Waals surface area (Å²) in [6, 6.07) is 0.419. The Labute approximate surface area is 83.1 Å². The molecule has 0 radical (unpaired) electrons. The van der Waals surface area contributed by atoms with Crippen molar-refractivity contribution in [1.82, 2.24) is 4.57 Å². The third-order valence-corrected chi connectivity index (χ3v) is 3.03. The minimum Gasteiger partial charge on any atom is -0.452 e. The SMILES string of the molecule is C[C@H]1COc2c3n(c[n+]21)C(C)(C)CO3. The fourth-order valence-electron chi connectivity index (χ4n) is 2.05. The monoisotopic (exact) mass is 195 g/mol. The summed E-state index contributed by atoms with van der Waals surface area (Å²) >= 11 is 0. The molecule has 0 aliphatic carbocycles. The van der Waals surface area contributed by atoms with E-state index in [1.165, 1.54) is 0 Å². The third-order valence-electron chi connectivity index (χ3n) is 3.03. The van der Waals surface area contributed by atoms with Crippen LogP contribution < -0.4 is 14.0 Å². The Kier molecular flexibility index (Phi) is 1.30. The van der Waals surface area contributed by atoms with Gasteiger partial charge in [-0.3, -0.25) is 0 Å². The lowest BCUT2D eigenvalue weighted by molar-refractivity contribution is -0.702. The molecule has 3 heterocycles. The van der Waals surface area contributed by atoms with E-state index in [1.54, 1.807) is 0 Å². The summed E-state index contributed by atoms with van der Waals surface area (Å²) in [5.41, 5.74) is 0.0513. The van der Waals surface area contributed by atoms with Crippen LogP contribution in [-0.2, 0) is 5.54 Å². The van der Waals surface area contributed by atoms with Crippen LogP contribution in [0.2, 0.25) is 0 Å². The summed E-state index contributed by atoms with van der Waals surface area (Å²) in [4.78, 5) is 0. The van der Waals surface area contributed by atoms with E-state index in [4.69, 9.17) is 9.47 Å². The zero-order chi connectivity index (χ0) is 9.92. The number of aromatic nitrogens is 2. The number of ether oxygens (including phenoxy) is 2. The molecule has 0 saturated carbocycles. The zero-order valence-electron chi connectivity index (χ0n) is 8.78. The standard InChI is InChI=1S/C10H15N2O2/c1-7-4-13-8-9-12(6-11(7)8)10(2,3)5-14-9/h6-7H,4-5H2,1-3H3/q+1/t7-/m0/s1. The van der Waals surface area contributed by atoms with Crippen molar-refractivity contribution in [3.63, 3.8) is 0 Å². The van der Waals surface area contributed by atoms with Gasteiger partial charge in [-0.15, -0.1) is 0 Å². The fraction of sp³-hybridized carbons (Fsp3) is 0.700. The molecule has 0 N–H and O–H groups in total. The van der Waals surface area contributed by atoms with E-state index in [1.807, 2.05) is 0 Å². The van der Waals surface area contributed by atoms with Crippen LogP contribution in [0.4, 0.5) is 0 Å². The highest BCUT2D eigenvalue weighted by molar-refractivity contribution is 5.27. The number of nitrogens with zero attached hydrogens (tertiary/aromatic N) is 2. The number of imidazole rings is 1. The summed E-state index contributed by atoms with van der Waals surface area (Å²) in [7, 11) is 0. The number of hydrogen-bond donors (Lipinski definition) is 0. The van der Waals surface area contributed by atoms with Gasteiger partial charge in [0.05, 0.1) is 0 Å². The molecule has 0 amide bonds. The van der Waals surface area contributed by atoms with Crippen molar-refractivity contribution in [1.29, 1.82) is 0 Å². The molecule has 1 aromatic rings. The molecule has 4 heteroatoms. The van der Waals surface area contributed by atoms with Crippen LogP contribution in [-0.4, -0.2) is 17.8 Å². The molecule has 0 bridgehead atoms. The Morgan fingerprint density at radius 3 is 3.07 bits per heavy atom. The molecule has 2 aliphatic heterocycles. The molecular weight excluding hydrogens is 180 g/mol. The van der Waals surface area contributed by atoms with Crippen LogP contribution in [0.5, 0.6) is 11.8 Å². The Morgan fingerprint density at radius 2 is 2.29 bits per heavy atom. The smallest absolute Gasteiger partial charge is 0.373 e. The Morgan fingerprint density at radius 1 is 1.50 bits per heavy atom. The van der Waals surface area contributed by atoms with Crippen LogP contribution in [0, 0.1) is 0 Å². The first-order chi connectivity index (χ1) is 6.59. The van der Waals surface area contributed by atoms with E-state index in [9.17, 15) is 0 Å². The van der Waals surface area contributed by atoms with Gasteiger partial charge in [0.25, 0.3) is 6.33 Å². The molecule has 0 spiro atoms. The van der Waals surface area contributed by atoms with E-state index in [0.717, 1.165) is 25.0 Å². The Balaban J connectivity index is 2.18. The van der Waals surface area contributed by atoms with Gasteiger partial charge in [0.2, 0.25) is 0 Å². The lowest BCUT2D eigenvalue weighted by Gasteiger charge is -2.10. The fourth-order valence-corrected chi connectivity index (χ4v) is 2.05. The van der Waals surface area contributed by atoms with E-state index in [0.29, 0.717) is 6.04 Å². The first-order valence-electron chi connectivity index (χ1n) is 5.02. The molecule has 3 rings (SSSR count). The first-order valence-corrected chi connectivity index (χ1v) is 5.02. The van der Waals surface area contributed by atoms with Crippen molar-refractivity contribution in [2.24, 2.45) is 0 Å². The van der Waals surface area contributed by atoms with Gasteiger partial charge in [-0.05, 0) is 20.8 Å². The highest BCUT2D eigenvalue weighted by Crippen LogP contribution is 2.38. The van der Waals surface area contributed by atoms with Crippen molar-refractivity contribution in [3.05, 3.63) is 6.33 Å². The molecule has 0 fully saturated rings. The van der Waals surface area contributed by atoms with E-state index in [-0.39, 0.29) is 5.54 Å². The normalized spacial score (nSPS) is 26.6. The molecular formula is C10H15N2O2+. The number of hydrogen-bond acceptors (Lipinski definition) is 2. The topological polar surface area (TPSA) is 27.3 Å². The average Bonchev–Trinajstić information content (AvgIpc) is 2.70. The molecule has 76 valence electrons. The van der Waals surface area contributed by atoms with Gasteiger partial charge in [0.1, 0.15) is 24.8 Å². The third kappa shape index (κ3) is 0.811. The largest absolute Gasteiger partial charge is 0.452 e. The highest BCUT2D eigenvalue weighted by Gasteiger charge is 2.46. The molecule has 14 heavy (non-hydrogen) atoms. The second-order valence-corrected chi connectivity index (χ2v) is 4.76. The predicted octanol–water partition coefficient (Wildman–Crippen LogP) is 0.856. The quantitative estimate of drug-likeness (QED) is 0.574. The van der Waals surface area contributed by atoms with E-state index < -0.39 is 0 Å². The second-order valence-electron chi connectivity index (χ2n) is 4.76. The maximum Gasteiger partial charge on any atom is 0.373 e. The molecule has 0 aromatic carbocycles. The summed E-state index contributed by atoms with van der Waals surface area (Å²) in [5, 5.41) is 0. The van der Waals surface area contributed by atoms with Gasteiger partial charge >= 0.3 is 11.8 Å². The molecule has 0 saturated heterocycles. The van der Waals surface area contributed by atoms with Gasteiger partial charge in [-0.1, -0.05) is 0 Å². The van der Waals surface area contributed by atoms with Crippen molar-refractivity contribution in [2.45, 2.75) is 32.4 Å². The second kappa shape index (κ2) is 2.24. The van der Waals surface area contributed by atoms with Gasteiger partial charge in [0.15, 0.2) is 0 Å². The Bertz CT molecular complexity index is 395. The van der Waals surface area contributed by atoms with Crippen LogP contribution in [0.3, 0.4) is 0 Å². The van der Waals surface area contributed by atoms with Gasteiger partial charge in [-0.25, -0.2) is 0 Å². The molecule has 4 nitrogen and oxygen atoms in total. The van der Waals surface area contributed by atoms with Crippen molar-refractivity contribution in [3.8, 4) is 11.8 Å². The summed E-state index contributed by atoms with van der Waals surface area (Å²) in [5.74, 6) is 1.78. The highest BCUT2D eigenvalue weighted by atomic mass is 16.5. The summed E-state index contributed by atoms with van der Waals surface area (Å²) in [6.07, 6.45) is 2.11. The first kappa shape index (κ1) is 8.15. The summed E-state index contributed by atoms with van der Waals surface area (Å²) < 4.78 is 15.6. The van der Waals surface area contributed by atoms with Gasteiger partial charge in [-0.2, -0.15) is 9.13 Å². The zero-order valence-corrected chi connectivity index (χ0v) is 8.78. The minimum absolute atomic E-state index is 0.0513. The molecule has 1 aromatic heterocycles. The average molecular weight is 195 g/mol. The van der Waals surface area contributed by atoms with E-state index in [2.05, 4.69) is 36.2 Å². The van der Waals surface area contributed by atoms with Gasteiger partial charge < -0.3 is 9.47 Å². The van der Waals surface area contributed by atoms with Crippen molar-refractivity contribution < 1.29 is 14.0 Å². The summed E-state index contributed by atoms with van der Waals surface area (Å²) in [6.45, 7) is 7.98. The maximum absolute atomic E-state index is 5.66. The Hall–Kier alpha value is -1.19. The lowest BCUT2D eigenvalue weighted by Crippen LogP contribution is -2.35. The molecule has 2 aliphatic rings. The lowest BCUT2D eigenvalue weighted by atomic mass is 10.1. The van der Waals surface area contributed by atoms with Crippen LogP contribution in [0.15, 0.2) is 6.33 Å². The number of rotatable bonds is 0. The van der Waals surface area contributed by atoms with Crippen LogP contribution in [0.25, 0.3) is 0 Å². The predicted molar refractivity (Wildman–Crippen MR) is 49.7 cm³/mol. The molecule has 0 unspecified atom stereocenters. The van der Waals surface area contributed by atoms with E-state index >= 15 is 0 Å². The molecule has 1 atom stereocenters. The minimum atomic E-state index is 0.0513. The van der Waals surface area contributed by atoms with Crippen LogP contribution in [0.1, 0.15) is 26.8 Å². The van der Waals surface area contributed by atoms with Crippen molar-refractivity contribution >= 4 is 0 Å². The maximum atomic E-state index is 5.66. The van der Waals surface area contributed by atoms with Crippen LogP contribution >= 0.6 is 0 Å². The van der Waals surface area contributed by atoms with Crippen molar-refractivity contribution in [2.75, 3.05) is 13.2 Å². The van der Waals surface area contributed by atoms with Gasteiger partial charge in [0, 0.05) is 0 Å². The number of fused-ring (bicyclic) bond motifs is 3.